The summed E-state index contributed by atoms with van der Waals surface area (Å²) in [4.78, 5) is 13.2. The van der Waals surface area contributed by atoms with Crippen molar-refractivity contribution in [1.29, 1.82) is 0 Å². The summed E-state index contributed by atoms with van der Waals surface area (Å²) >= 11 is 0. The van der Waals surface area contributed by atoms with Crippen LogP contribution in [0.5, 0.6) is 0 Å². The number of aromatic amines is 1. The largest absolute Gasteiger partial charge is 0.463 e. The minimum Gasteiger partial charge on any atom is -0.463 e. The molecule has 0 atom stereocenters. The lowest BCUT2D eigenvalue weighted by molar-refractivity contribution is -0.129. The number of aromatic nitrogens is 1. The lowest BCUT2D eigenvalue weighted by Crippen LogP contribution is -1.93. The van der Waals surface area contributed by atoms with Crippen LogP contribution in [0.2, 0.25) is 0 Å². The van der Waals surface area contributed by atoms with Crippen LogP contribution in [0.15, 0.2) is 24.4 Å². The summed E-state index contributed by atoms with van der Waals surface area (Å²) < 4.78 is 4.74. The van der Waals surface area contributed by atoms with Crippen LogP contribution in [0.25, 0.3) is 10.9 Å². The van der Waals surface area contributed by atoms with Crippen molar-refractivity contribution in [3.05, 3.63) is 35.5 Å². The fourth-order valence-corrected chi connectivity index (χ4v) is 1.61. The molecule has 1 aromatic carbocycles. The van der Waals surface area contributed by atoms with E-state index in [2.05, 4.69) is 4.98 Å². The summed E-state index contributed by atoms with van der Waals surface area (Å²) in [6, 6.07) is 5.98. The van der Waals surface area contributed by atoms with Crippen molar-refractivity contribution < 1.29 is 9.53 Å². The Morgan fingerprint density at radius 3 is 3.07 bits per heavy atom. The first-order chi connectivity index (χ1) is 6.83. The molecule has 1 N–H and O–H groups in total. The average Bonchev–Trinajstić information content (AvgIpc) is 2.66. The number of nitrogens with one attached hydrogen (secondary N) is 1. The molecule has 0 aliphatic heterocycles. The van der Waals surface area contributed by atoms with E-state index in [-0.39, 0.29) is 0 Å². The quantitative estimate of drug-likeness (QED) is 0.751. The molecule has 0 fully saturated rings. The Morgan fingerprint density at radius 2 is 2.29 bits per heavy atom. The predicted molar refractivity (Wildman–Crippen MR) is 53.9 cm³/mol. The van der Waals surface area contributed by atoms with Crippen molar-refractivity contribution in [3.63, 3.8) is 0 Å². The molecule has 2 rings (SSSR count). The van der Waals surface area contributed by atoms with Gasteiger partial charge in [0.1, 0.15) is 6.61 Å². The number of aryl methyl sites for hydroxylation is 1. The lowest BCUT2D eigenvalue weighted by atomic mass is 10.1. The highest BCUT2D eigenvalue weighted by Crippen LogP contribution is 2.21. The van der Waals surface area contributed by atoms with Crippen molar-refractivity contribution in [3.8, 4) is 0 Å². The Kier molecular flexibility index (Phi) is 2.23. The van der Waals surface area contributed by atoms with E-state index in [1.807, 2.05) is 31.3 Å². The van der Waals surface area contributed by atoms with Crippen molar-refractivity contribution in [2.45, 2.75) is 13.5 Å². The highest BCUT2D eigenvalue weighted by atomic mass is 16.5. The zero-order valence-electron chi connectivity index (χ0n) is 7.91. The summed E-state index contributed by atoms with van der Waals surface area (Å²) in [5.41, 5.74) is 3.31. The first-order valence-corrected chi connectivity index (χ1v) is 4.44. The second-order valence-electron chi connectivity index (χ2n) is 3.20. The topological polar surface area (TPSA) is 42.1 Å². The number of ether oxygens (including phenoxy) is 1. The van der Waals surface area contributed by atoms with Crippen LogP contribution in [0, 0.1) is 6.92 Å². The third kappa shape index (κ3) is 1.37. The minimum absolute atomic E-state index is 0.344. The molecular weight excluding hydrogens is 178 g/mol. The summed E-state index contributed by atoms with van der Waals surface area (Å²) in [7, 11) is 0. The van der Waals surface area contributed by atoms with Gasteiger partial charge in [0.05, 0.1) is 0 Å². The van der Waals surface area contributed by atoms with Crippen LogP contribution in [0.3, 0.4) is 0 Å². The van der Waals surface area contributed by atoms with Gasteiger partial charge in [-0.15, -0.1) is 0 Å². The van der Waals surface area contributed by atoms with Crippen molar-refractivity contribution in [2.24, 2.45) is 0 Å². The molecule has 2 aromatic rings. The van der Waals surface area contributed by atoms with Gasteiger partial charge < -0.3 is 9.72 Å². The summed E-state index contributed by atoms with van der Waals surface area (Å²) in [6.07, 6.45) is 1.90. The second kappa shape index (κ2) is 3.54. The fourth-order valence-electron chi connectivity index (χ4n) is 1.61. The highest BCUT2D eigenvalue weighted by molar-refractivity contribution is 5.83. The third-order valence-electron chi connectivity index (χ3n) is 2.42. The molecule has 0 saturated heterocycles. The monoisotopic (exact) mass is 189 g/mol. The van der Waals surface area contributed by atoms with Crippen LogP contribution >= 0.6 is 0 Å². The van der Waals surface area contributed by atoms with Crippen LogP contribution in [0.4, 0.5) is 0 Å². The van der Waals surface area contributed by atoms with Gasteiger partial charge in [-0.1, -0.05) is 6.07 Å². The minimum atomic E-state index is 0.344. The molecule has 0 spiro atoms. The number of carbonyl (C=O) groups is 1. The zero-order chi connectivity index (χ0) is 9.97. The molecule has 1 heterocycles. The summed E-state index contributed by atoms with van der Waals surface area (Å²) in [5.74, 6) is 0. The number of fused-ring (bicyclic) bond motifs is 1. The van der Waals surface area contributed by atoms with Gasteiger partial charge >= 0.3 is 0 Å². The second-order valence-corrected chi connectivity index (χ2v) is 3.20. The van der Waals surface area contributed by atoms with Gasteiger partial charge in [0.15, 0.2) is 0 Å². The highest BCUT2D eigenvalue weighted by Gasteiger charge is 2.03. The molecule has 72 valence electrons. The maximum absolute atomic E-state index is 10.1. The van der Waals surface area contributed by atoms with Crippen LogP contribution < -0.4 is 0 Å². The van der Waals surface area contributed by atoms with Gasteiger partial charge in [0.25, 0.3) is 6.47 Å². The van der Waals surface area contributed by atoms with Crippen molar-refractivity contribution >= 4 is 17.4 Å². The molecule has 0 aliphatic carbocycles. The van der Waals surface area contributed by atoms with Crippen LogP contribution in [0.1, 0.15) is 11.1 Å². The standard InChI is InChI=1S/C11H11NO2/c1-8-9(6-14-7-13)2-3-11-10(8)4-5-12-11/h2-5,7,12H,6H2,1H3. The van der Waals surface area contributed by atoms with E-state index in [1.165, 1.54) is 5.39 Å². The molecule has 1 aromatic heterocycles. The summed E-state index contributed by atoms with van der Waals surface area (Å²) in [6.45, 7) is 2.84. The first-order valence-electron chi connectivity index (χ1n) is 4.44. The Labute approximate surface area is 81.7 Å². The molecule has 0 aliphatic rings. The third-order valence-corrected chi connectivity index (χ3v) is 2.42. The number of rotatable bonds is 3. The molecule has 0 unspecified atom stereocenters. The van der Waals surface area contributed by atoms with Gasteiger partial charge in [-0.3, -0.25) is 4.79 Å². The smallest absolute Gasteiger partial charge is 0.293 e. The number of hydrogen-bond donors (Lipinski definition) is 1. The van der Waals surface area contributed by atoms with Gasteiger partial charge in [-0.25, -0.2) is 0 Å². The Morgan fingerprint density at radius 1 is 1.43 bits per heavy atom. The van der Waals surface area contributed by atoms with E-state index < -0.39 is 0 Å². The maximum Gasteiger partial charge on any atom is 0.293 e. The van der Waals surface area contributed by atoms with E-state index in [1.54, 1.807) is 0 Å². The maximum atomic E-state index is 10.1. The SMILES string of the molecule is Cc1c(COC=O)ccc2[nH]ccc12. The number of H-pyrrole nitrogens is 1. The Hall–Kier alpha value is -1.77. The van der Waals surface area contributed by atoms with Crippen molar-refractivity contribution in [2.75, 3.05) is 0 Å². The van der Waals surface area contributed by atoms with Gasteiger partial charge in [0.2, 0.25) is 0 Å². The molecule has 0 radical (unpaired) electrons. The normalized spacial score (nSPS) is 10.4. The zero-order valence-corrected chi connectivity index (χ0v) is 7.91. The Balaban J connectivity index is 2.45. The molecule has 0 bridgehead atoms. The molecule has 14 heavy (non-hydrogen) atoms. The molecule has 0 amide bonds. The van der Waals surface area contributed by atoms with Gasteiger partial charge in [-0.05, 0) is 30.2 Å². The molecule has 3 nitrogen and oxygen atoms in total. The lowest BCUT2D eigenvalue weighted by Gasteiger charge is -2.05. The first kappa shape index (κ1) is 8.81. The van der Waals surface area contributed by atoms with Crippen molar-refractivity contribution in [1.82, 2.24) is 4.98 Å². The molecule has 0 saturated carbocycles. The van der Waals surface area contributed by atoms with Gasteiger partial charge in [0, 0.05) is 17.1 Å². The molecular formula is C11H11NO2. The number of benzene rings is 1. The molecule has 3 heteroatoms. The average molecular weight is 189 g/mol. The van der Waals surface area contributed by atoms with Gasteiger partial charge in [-0.2, -0.15) is 0 Å². The van der Waals surface area contributed by atoms with E-state index in [0.29, 0.717) is 13.1 Å². The number of carbonyl (C=O) groups excluding carboxylic acids is 1. The predicted octanol–water partition coefficient (Wildman–Crippen LogP) is 2.15. The van der Waals surface area contributed by atoms with E-state index in [4.69, 9.17) is 4.74 Å². The van der Waals surface area contributed by atoms with E-state index in [9.17, 15) is 4.79 Å². The Bertz CT molecular complexity index is 459. The fraction of sp³-hybridized carbons (Fsp3) is 0.182. The summed E-state index contributed by atoms with van der Waals surface area (Å²) in [5, 5.41) is 1.18. The number of hydrogen-bond acceptors (Lipinski definition) is 2. The van der Waals surface area contributed by atoms with E-state index >= 15 is 0 Å². The van der Waals surface area contributed by atoms with E-state index in [0.717, 1.165) is 16.6 Å². The van der Waals surface area contributed by atoms with Crippen LogP contribution in [-0.4, -0.2) is 11.5 Å². The van der Waals surface area contributed by atoms with Crippen LogP contribution in [-0.2, 0) is 16.1 Å².